The summed E-state index contributed by atoms with van der Waals surface area (Å²) in [6.07, 6.45) is 1.55. The Kier molecular flexibility index (Phi) is 4.99. The van der Waals surface area contributed by atoms with Crippen molar-refractivity contribution in [3.63, 3.8) is 0 Å². The van der Waals surface area contributed by atoms with E-state index in [0.717, 1.165) is 11.1 Å². The normalized spacial score (nSPS) is 11.4. The van der Waals surface area contributed by atoms with Gasteiger partial charge in [0.1, 0.15) is 22.8 Å². The van der Waals surface area contributed by atoms with Crippen molar-refractivity contribution in [3.8, 4) is 28.5 Å². The third-order valence-corrected chi connectivity index (χ3v) is 5.19. The SMILES string of the molecule is Cc1cccc2oc(-c3cc(N=Cc4ccc(-c5cccc(C(=O)O)c5)o4)ccc3O)nc12. The van der Waals surface area contributed by atoms with Crippen molar-refractivity contribution < 1.29 is 23.8 Å². The Labute approximate surface area is 188 Å². The van der Waals surface area contributed by atoms with Gasteiger partial charge in [-0.15, -0.1) is 0 Å². The number of oxazole rings is 1. The first-order valence-corrected chi connectivity index (χ1v) is 10.1. The minimum atomic E-state index is -0.998. The third-order valence-electron chi connectivity index (χ3n) is 5.19. The minimum Gasteiger partial charge on any atom is -0.507 e. The van der Waals surface area contributed by atoms with Crippen molar-refractivity contribution in [3.05, 3.63) is 89.7 Å². The Bertz CT molecular complexity index is 1530. The summed E-state index contributed by atoms with van der Waals surface area (Å²) >= 11 is 0. The highest BCUT2D eigenvalue weighted by Crippen LogP contribution is 2.34. The van der Waals surface area contributed by atoms with Crippen LogP contribution >= 0.6 is 0 Å². The van der Waals surface area contributed by atoms with Gasteiger partial charge in [-0.1, -0.05) is 24.3 Å². The fourth-order valence-electron chi connectivity index (χ4n) is 3.50. The van der Waals surface area contributed by atoms with E-state index in [0.29, 0.717) is 39.8 Å². The van der Waals surface area contributed by atoms with Crippen LogP contribution in [0.1, 0.15) is 21.7 Å². The average molecular weight is 438 g/mol. The number of para-hydroxylation sites is 1. The van der Waals surface area contributed by atoms with E-state index in [-0.39, 0.29) is 11.3 Å². The molecule has 0 spiro atoms. The molecule has 7 nitrogen and oxygen atoms in total. The quantitative estimate of drug-likeness (QED) is 0.315. The lowest BCUT2D eigenvalue weighted by Crippen LogP contribution is -1.95. The molecule has 7 heteroatoms. The van der Waals surface area contributed by atoms with Crippen LogP contribution in [-0.4, -0.2) is 27.4 Å². The smallest absolute Gasteiger partial charge is 0.335 e. The van der Waals surface area contributed by atoms with Gasteiger partial charge in [0.25, 0.3) is 0 Å². The molecule has 5 aromatic rings. The van der Waals surface area contributed by atoms with Gasteiger partial charge >= 0.3 is 5.97 Å². The number of phenolic OH excluding ortho intramolecular Hbond substituents is 1. The zero-order valence-electron chi connectivity index (χ0n) is 17.5. The van der Waals surface area contributed by atoms with E-state index in [1.807, 2.05) is 25.1 Å². The van der Waals surface area contributed by atoms with Crippen molar-refractivity contribution in [1.82, 2.24) is 4.98 Å². The van der Waals surface area contributed by atoms with Gasteiger partial charge in [-0.05, 0) is 61.0 Å². The Morgan fingerprint density at radius 1 is 1.00 bits per heavy atom. The summed E-state index contributed by atoms with van der Waals surface area (Å²) in [6.45, 7) is 1.95. The first-order valence-electron chi connectivity index (χ1n) is 10.1. The number of aliphatic imine (C=N–C) groups is 1. The number of aromatic nitrogens is 1. The fraction of sp³-hybridized carbons (Fsp3) is 0.0385. The molecule has 0 bridgehead atoms. The maximum absolute atomic E-state index is 11.2. The van der Waals surface area contributed by atoms with Crippen LogP contribution in [0.2, 0.25) is 0 Å². The maximum Gasteiger partial charge on any atom is 0.335 e. The number of rotatable bonds is 5. The van der Waals surface area contributed by atoms with Crippen molar-refractivity contribution in [1.29, 1.82) is 0 Å². The van der Waals surface area contributed by atoms with E-state index in [1.165, 1.54) is 12.1 Å². The van der Waals surface area contributed by atoms with Crippen LogP contribution in [0.15, 0.2) is 86.6 Å². The molecule has 3 aromatic carbocycles. The number of aromatic carboxylic acids is 1. The van der Waals surface area contributed by atoms with Gasteiger partial charge in [-0.25, -0.2) is 9.78 Å². The number of carboxylic acid groups (broad SMARTS) is 1. The van der Waals surface area contributed by atoms with Crippen LogP contribution in [0.4, 0.5) is 5.69 Å². The predicted octanol–water partition coefficient (Wildman–Crippen LogP) is 6.22. The molecule has 2 heterocycles. The summed E-state index contributed by atoms with van der Waals surface area (Å²) in [5.74, 6) is 0.386. The summed E-state index contributed by atoms with van der Waals surface area (Å²) in [6, 6.07) is 20.6. The summed E-state index contributed by atoms with van der Waals surface area (Å²) in [7, 11) is 0. The van der Waals surface area contributed by atoms with Crippen LogP contribution in [0, 0.1) is 6.92 Å². The highest BCUT2D eigenvalue weighted by Gasteiger charge is 2.14. The molecule has 0 aliphatic heterocycles. The second-order valence-corrected chi connectivity index (χ2v) is 7.49. The van der Waals surface area contributed by atoms with E-state index < -0.39 is 5.97 Å². The number of aromatic hydroxyl groups is 1. The summed E-state index contributed by atoms with van der Waals surface area (Å²) < 4.78 is 11.6. The second kappa shape index (κ2) is 8.12. The van der Waals surface area contributed by atoms with Gasteiger partial charge in [0.2, 0.25) is 5.89 Å². The Morgan fingerprint density at radius 2 is 1.85 bits per heavy atom. The van der Waals surface area contributed by atoms with Crippen LogP contribution in [-0.2, 0) is 0 Å². The van der Waals surface area contributed by atoms with Crippen molar-refractivity contribution in [2.45, 2.75) is 6.92 Å². The van der Waals surface area contributed by atoms with Gasteiger partial charge in [0.15, 0.2) is 5.58 Å². The van der Waals surface area contributed by atoms with Gasteiger partial charge in [0, 0.05) is 5.56 Å². The number of hydrogen-bond donors (Lipinski definition) is 2. The number of carbonyl (C=O) groups is 1. The van der Waals surface area contributed by atoms with E-state index in [9.17, 15) is 9.90 Å². The summed E-state index contributed by atoms with van der Waals surface area (Å²) in [5.41, 5.74) is 4.24. The molecule has 0 aliphatic rings. The van der Waals surface area contributed by atoms with Gasteiger partial charge < -0.3 is 19.0 Å². The molecule has 162 valence electrons. The molecule has 0 aliphatic carbocycles. The molecular weight excluding hydrogens is 420 g/mol. The Balaban J connectivity index is 1.42. The van der Waals surface area contributed by atoms with E-state index >= 15 is 0 Å². The molecule has 2 N–H and O–H groups in total. The molecule has 0 unspecified atom stereocenters. The molecule has 2 aromatic heterocycles. The number of fused-ring (bicyclic) bond motifs is 1. The molecule has 0 fully saturated rings. The molecule has 0 amide bonds. The first-order chi connectivity index (χ1) is 16.0. The molecule has 0 radical (unpaired) electrons. The molecule has 0 saturated heterocycles. The van der Waals surface area contributed by atoms with Gasteiger partial charge in [-0.2, -0.15) is 0 Å². The lowest BCUT2D eigenvalue weighted by Gasteiger charge is -2.01. The lowest BCUT2D eigenvalue weighted by molar-refractivity contribution is 0.0697. The molecule has 0 atom stereocenters. The Morgan fingerprint density at radius 3 is 2.67 bits per heavy atom. The molecular formula is C26H18N2O5. The summed E-state index contributed by atoms with van der Waals surface area (Å²) in [4.78, 5) is 20.1. The monoisotopic (exact) mass is 438 g/mol. The zero-order valence-corrected chi connectivity index (χ0v) is 17.5. The highest BCUT2D eigenvalue weighted by molar-refractivity contribution is 5.89. The van der Waals surface area contributed by atoms with Crippen LogP contribution < -0.4 is 0 Å². The predicted molar refractivity (Wildman–Crippen MR) is 124 cm³/mol. The van der Waals surface area contributed by atoms with Crippen LogP contribution in [0.3, 0.4) is 0 Å². The number of nitrogens with zero attached hydrogens (tertiary/aromatic N) is 2. The number of aryl methyl sites for hydroxylation is 1. The van der Waals surface area contributed by atoms with E-state index in [1.54, 1.807) is 48.7 Å². The van der Waals surface area contributed by atoms with Crippen LogP contribution in [0.25, 0.3) is 33.9 Å². The van der Waals surface area contributed by atoms with Crippen molar-refractivity contribution >= 4 is 29.0 Å². The zero-order chi connectivity index (χ0) is 22.9. The molecule has 33 heavy (non-hydrogen) atoms. The largest absolute Gasteiger partial charge is 0.507 e. The van der Waals surface area contributed by atoms with Crippen molar-refractivity contribution in [2.24, 2.45) is 4.99 Å². The second-order valence-electron chi connectivity index (χ2n) is 7.49. The number of benzene rings is 3. The maximum atomic E-state index is 11.2. The fourth-order valence-corrected chi connectivity index (χ4v) is 3.50. The van der Waals surface area contributed by atoms with Crippen LogP contribution in [0.5, 0.6) is 5.75 Å². The lowest BCUT2D eigenvalue weighted by atomic mass is 10.1. The number of carboxylic acids is 1. The third kappa shape index (κ3) is 3.99. The number of hydrogen-bond acceptors (Lipinski definition) is 6. The number of furan rings is 1. The summed E-state index contributed by atoms with van der Waals surface area (Å²) in [5, 5.41) is 19.5. The topological polar surface area (TPSA) is 109 Å². The average Bonchev–Trinajstić information content (AvgIpc) is 3.47. The molecule has 5 rings (SSSR count). The van der Waals surface area contributed by atoms with E-state index in [4.69, 9.17) is 13.9 Å². The van der Waals surface area contributed by atoms with E-state index in [2.05, 4.69) is 9.98 Å². The molecule has 0 saturated carbocycles. The minimum absolute atomic E-state index is 0.0387. The Hall–Kier alpha value is -4.65. The standard InChI is InChI=1S/C26H18N2O5/c1-15-4-2-7-23-24(15)28-25(33-23)20-13-18(8-10-21(20)29)27-14-19-9-11-22(32-19)16-5-3-6-17(12-16)26(30)31/h2-14,29H,1H3,(H,30,31). The van der Waals surface area contributed by atoms with Crippen molar-refractivity contribution in [2.75, 3.05) is 0 Å². The first kappa shape index (κ1) is 20.3. The van der Waals surface area contributed by atoms with Gasteiger partial charge in [-0.3, -0.25) is 4.99 Å². The highest BCUT2D eigenvalue weighted by atomic mass is 16.4. The van der Waals surface area contributed by atoms with Gasteiger partial charge in [0.05, 0.1) is 23.0 Å². The number of phenols is 1.